The lowest BCUT2D eigenvalue weighted by Crippen LogP contribution is -2.59. The van der Waals surface area contributed by atoms with E-state index < -0.39 is 30.2 Å². The maximum absolute atomic E-state index is 14.2. The van der Waals surface area contributed by atoms with Crippen LogP contribution >= 0.6 is 0 Å². The fourth-order valence-electron chi connectivity index (χ4n) is 7.82. The van der Waals surface area contributed by atoms with E-state index in [4.69, 9.17) is 9.47 Å². The largest absolute Gasteiger partial charge is 0.379 e. The SMILES string of the molecule is CC[C@H](C)[C@@H]([C@@H](CC(=O)N1CCC[C@H]1[C@H](OC)[C@@H](C)C(=O)Nc1ccc2ncccc2c1)OC)N(C)C(=O)[C@@H](NC(=O)[C@H](C(C)C)N(C)C)C(C)C. The number of carbonyl (C=O) groups excluding carboxylic acids is 4. The minimum absolute atomic E-state index is 0.00361. The predicted octanol–water partition coefficient (Wildman–Crippen LogP) is 4.82. The van der Waals surface area contributed by atoms with Crippen LogP contribution < -0.4 is 10.6 Å². The van der Waals surface area contributed by atoms with Crippen LogP contribution in [0.25, 0.3) is 10.9 Å². The molecule has 0 unspecified atom stereocenters. The molecular weight excluding hydrogens is 660 g/mol. The van der Waals surface area contributed by atoms with E-state index in [1.807, 2.05) is 88.8 Å². The van der Waals surface area contributed by atoms with E-state index in [1.54, 1.807) is 32.4 Å². The fourth-order valence-corrected chi connectivity index (χ4v) is 7.82. The molecule has 1 fully saturated rings. The number of aromatic nitrogens is 1. The zero-order valence-electron chi connectivity index (χ0n) is 33.5. The lowest BCUT2D eigenvalue weighted by Gasteiger charge is -2.41. The first kappa shape index (κ1) is 42.8. The summed E-state index contributed by atoms with van der Waals surface area (Å²) in [6.07, 6.45) is 2.89. The molecule has 0 aliphatic carbocycles. The van der Waals surface area contributed by atoms with Gasteiger partial charge in [0.15, 0.2) is 0 Å². The van der Waals surface area contributed by atoms with Gasteiger partial charge >= 0.3 is 0 Å². The van der Waals surface area contributed by atoms with E-state index in [9.17, 15) is 19.2 Å². The van der Waals surface area contributed by atoms with Crippen LogP contribution in [0.3, 0.4) is 0 Å². The van der Waals surface area contributed by atoms with Crippen LogP contribution in [0.1, 0.15) is 74.1 Å². The number of ether oxygens (including phenoxy) is 2. The molecule has 3 rings (SSSR count). The molecule has 0 saturated carbocycles. The zero-order valence-corrected chi connectivity index (χ0v) is 33.5. The third kappa shape index (κ3) is 10.3. The Kier molecular flexibility index (Phi) is 16.0. The summed E-state index contributed by atoms with van der Waals surface area (Å²) in [5, 5.41) is 6.99. The summed E-state index contributed by atoms with van der Waals surface area (Å²) >= 11 is 0. The zero-order chi connectivity index (χ0) is 38.9. The number of hydrogen-bond acceptors (Lipinski definition) is 8. The van der Waals surface area contributed by atoms with Crippen molar-refractivity contribution in [1.29, 1.82) is 0 Å². The Balaban J connectivity index is 1.78. The highest BCUT2D eigenvalue weighted by Crippen LogP contribution is 2.30. The van der Waals surface area contributed by atoms with Crippen molar-refractivity contribution in [3.05, 3.63) is 36.5 Å². The van der Waals surface area contributed by atoms with Gasteiger partial charge in [-0.25, -0.2) is 0 Å². The highest BCUT2D eigenvalue weighted by Gasteiger charge is 2.43. The molecule has 0 bridgehead atoms. The number of methoxy groups -OCH3 is 2. The average molecular weight is 725 g/mol. The lowest BCUT2D eigenvalue weighted by atomic mass is 9.89. The highest BCUT2D eigenvalue weighted by atomic mass is 16.5. The van der Waals surface area contributed by atoms with E-state index in [2.05, 4.69) is 29.5 Å². The van der Waals surface area contributed by atoms with E-state index in [0.717, 1.165) is 23.7 Å². The smallest absolute Gasteiger partial charge is 0.245 e. The van der Waals surface area contributed by atoms with Crippen LogP contribution in [-0.4, -0.2) is 122 Å². The number of anilines is 1. The summed E-state index contributed by atoms with van der Waals surface area (Å²) in [4.78, 5) is 65.0. The summed E-state index contributed by atoms with van der Waals surface area (Å²) in [6.45, 7) is 14.3. The predicted molar refractivity (Wildman–Crippen MR) is 206 cm³/mol. The first-order valence-electron chi connectivity index (χ1n) is 18.8. The van der Waals surface area contributed by atoms with E-state index >= 15 is 0 Å². The third-order valence-corrected chi connectivity index (χ3v) is 10.8. The van der Waals surface area contributed by atoms with Crippen LogP contribution in [0.5, 0.6) is 0 Å². The molecule has 0 radical (unpaired) electrons. The molecule has 8 atom stereocenters. The van der Waals surface area contributed by atoms with Gasteiger partial charge in [0.1, 0.15) is 6.04 Å². The maximum Gasteiger partial charge on any atom is 0.245 e. The van der Waals surface area contributed by atoms with Gasteiger partial charge in [-0.3, -0.25) is 29.1 Å². The first-order valence-corrected chi connectivity index (χ1v) is 18.8. The van der Waals surface area contributed by atoms with Gasteiger partial charge < -0.3 is 29.9 Å². The second-order valence-corrected chi connectivity index (χ2v) is 15.4. The van der Waals surface area contributed by atoms with Crippen molar-refractivity contribution in [3.63, 3.8) is 0 Å². The van der Waals surface area contributed by atoms with Crippen LogP contribution in [-0.2, 0) is 28.7 Å². The third-order valence-electron chi connectivity index (χ3n) is 10.8. The average Bonchev–Trinajstić information content (AvgIpc) is 3.59. The van der Waals surface area contributed by atoms with Crippen molar-refractivity contribution in [2.45, 2.75) is 111 Å². The number of rotatable bonds is 18. The summed E-state index contributed by atoms with van der Waals surface area (Å²) in [6, 6.07) is 7.53. The van der Waals surface area contributed by atoms with Crippen LogP contribution in [0.15, 0.2) is 36.5 Å². The number of pyridine rings is 1. The van der Waals surface area contributed by atoms with Gasteiger partial charge in [0.05, 0.1) is 48.2 Å². The van der Waals surface area contributed by atoms with Gasteiger partial charge in [-0.1, -0.05) is 61.0 Å². The van der Waals surface area contributed by atoms with Gasteiger partial charge in [0.25, 0.3) is 0 Å². The number of carbonyl (C=O) groups is 4. The Morgan fingerprint density at radius 1 is 0.962 bits per heavy atom. The minimum Gasteiger partial charge on any atom is -0.379 e. The molecule has 2 N–H and O–H groups in total. The molecule has 1 saturated heterocycles. The Labute approximate surface area is 311 Å². The van der Waals surface area contributed by atoms with Gasteiger partial charge in [0, 0.05) is 45.1 Å². The normalized spacial score (nSPS) is 18.9. The molecule has 2 aromatic rings. The van der Waals surface area contributed by atoms with E-state index in [1.165, 1.54) is 0 Å². The van der Waals surface area contributed by atoms with Gasteiger partial charge in [0.2, 0.25) is 23.6 Å². The number of nitrogens with one attached hydrogen (secondary N) is 2. The monoisotopic (exact) mass is 724 g/mol. The molecule has 2 heterocycles. The van der Waals surface area contributed by atoms with Crippen molar-refractivity contribution >= 4 is 40.2 Å². The lowest BCUT2D eigenvalue weighted by molar-refractivity contribution is -0.147. The molecule has 1 aromatic carbocycles. The van der Waals surface area contributed by atoms with Crippen molar-refractivity contribution < 1.29 is 28.7 Å². The van der Waals surface area contributed by atoms with Crippen LogP contribution in [0.2, 0.25) is 0 Å². The minimum atomic E-state index is -0.747. The fraction of sp³-hybridized carbons (Fsp3) is 0.675. The topological polar surface area (TPSA) is 133 Å². The van der Waals surface area contributed by atoms with Crippen molar-refractivity contribution in [3.8, 4) is 0 Å². The van der Waals surface area contributed by atoms with E-state index in [-0.39, 0.29) is 59.9 Å². The number of hydrogen-bond donors (Lipinski definition) is 2. The first-order chi connectivity index (χ1) is 24.6. The second kappa shape index (κ2) is 19.5. The molecule has 4 amide bonds. The van der Waals surface area contributed by atoms with E-state index in [0.29, 0.717) is 18.7 Å². The number of likely N-dealkylation sites (tertiary alicyclic amines) is 1. The van der Waals surface area contributed by atoms with Gasteiger partial charge in [-0.15, -0.1) is 0 Å². The molecule has 0 spiro atoms. The number of fused-ring (bicyclic) bond motifs is 1. The molecule has 290 valence electrons. The number of benzene rings is 1. The number of amides is 4. The standard InChI is InChI=1S/C40H64N6O6/c1-13-26(6)36(45(10)40(50)34(24(2)3)43-39(49)35(25(4)5)44(8)9)32(51-11)23-33(47)46-21-15-17-31(46)37(52-12)27(7)38(48)42-29-18-19-30-28(22-29)16-14-20-41-30/h14,16,18-20,22,24-27,31-32,34-37H,13,15,17,21,23H2,1-12H3,(H,42,48)(H,43,49)/t26-,27+,31-,32+,34-,35-,36-,37+/m0/s1. The number of nitrogens with zero attached hydrogens (tertiary/aromatic N) is 4. The molecular formula is C40H64N6O6. The highest BCUT2D eigenvalue weighted by molar-refractivity contribution is 5.95. The van der Waals surface area contributed by atoms with Gasteiger partial charge in [-0.2, -0.15) is 0 Å². The quantitative estimate of drug-likeness (QED) is 0.224. The molecule has 52 heavy (non-hydrogen) atoms. The maximum atomic E-state index is 14.2. The molecule has 1 aliphatic rings. The summed E-state index contributed by atoms with van der Waals surface area (Å²) in [5.74, 6) is -1.38. The molecule has 1 aromatic heterocycles. The Hall–Kier alpha value is -3.61. The Bertz CT molecular complexity index is 1490. The molecule has 12 heteroatoms. The van der Waals surface area contributed by atoms with Crippen LogP contribution in [0, 0.1) is 23.7 Å². The number of likely N-dealkylation sites (N-methyl/N-ethyl adjacent to an activating group) is 2. The Morgan fingerprint density at radius 3 is 2.23 bits per heavy atom. The summed E-state index contributed by atoms with van der Waals surface area (Å²) in [7, 11) is 8.63. The van der Waals surface area contributed by atoms with Crippen molar-refractivity contribution in [2.75, 3.05) is 47.2 Å². The van der Waals surface area contributed by atoms with Crippen molar-refractivity contribution in [1.82, 2.24) is 25.0 Å². The van der Waals surface area contributed by atoms with Crippen LogP contribution in [0.4, 0.5) is 5.69 Å². The Morgan fingerprint density at radius 2 is 1.65 bits per heavy atom. The molecule has 12 nitrogen and oxygen atoms in total. The van der Waals surface area contributed by atoms with Gasteiger partial charge in [-0.05, 0) is 69.0 Å². The van der Waals surface area contributed by atoms with Crippen molar-refractivity contribution in [2.24, 2.45) is 23.7 Å². The summed E-state index contributed by atoms with van der Waals surface area (Å²) < 4.78 is 12.0. The molecule has 1 aliphatic heterocycles. The summed E-state index contributed by atoms with van der Waals surface area (Å²) in [5.41, 5.74) is 1.51. The second-order valence-electron chi connectivity index (χ2n) is 15.4.